The quantitative estimate of drug-likeness (QED) is 0.857. The molecule has 3 atom stereocenters. The highest BCUT2D eigenvalue weighted by Gasteiger charge is 2.25. The van der Waals surface area contributed by atoms with Crippen molar-refractivity contribution in [3.05, 3.63) is 35.4 Å². The summed E-state index contributed by atoms with van der Waals surface area (Å²) in [5, 5.41) is 3.10. The summed E-state index contributed by atoms with van der Waals surface area (Å²) in [6, 6.07) is 8.71. The zero-order chi connectivity index (χ0) is 17.6. The zero-order valence-corrected chi connectivity index (χ0v) is 15.2. The predicted octanol–water partition coefficient (Wildman–Crippen LogP) is 2.04. The van der Waals surface area contributed by atoms with E-state index in [0.717, 1.165) is 57.5 Å². The van der Waals surface area contributed by atoms with E-state index in [9.17, 15) is 4.79 Å². The number of nitrogens with zero attached hydrogens (tertiary/aromatic N) is 1. The first-order valence-corrected chi connectivity index (χ1v) is 9.55. The number of carbonyl (C=O) groups is 1. The Hall–Kier alpha value is -1.43. The van der Waals surface area contributed by atoms with Crippen LogP contribution < -0.4 is 11.1 Å². The molecule has 1 aromatic carbocycles. The van der Waals surface area contributed by atoms with E-state index in [0.29, 0.717) is 12.6 Å². The zero-order valence-electron chi connectivity index (χ0n) is 15.2. The third-order valence-electron chi connectivity index (χ3n) is 5.28. The molecule has 0 spiro atoms. The Bertz CT molecular complexity index is 578. The number of hydrogen-bond donors (Lipinski definition) is 2. The first-order valence-electron chi connectivity index (χ1n) is 9.55. The molecule has 5 heteroatoms. The maximum Gasteiger partial charge on any atom is 0.223 e. The SMILES string of the molecule is CC1CN(Cc2cccc(CNC(=O)C3CCCC(N)C3)c2)CCO1. The van der Waals surface area contributed by atoms with Crippen molar-refractivity contribution >= 4 is 5.91 Å². The van der Waals surface area contributed by atoms with Crippen LogP contribution in [0.15, 0.2) is 24.3 Å². The van der Waals surface area contributed by atoms with E-state index in [1.165, 1.54) is 5.56 Å². The Morgan fingerprint density at radius 3 is 3.00 bits per heavy atom. The molecule has 0 aromatic heterocycles. The third kappa shape index (κ3) is 5.53. The van der Waals surface area contributed by atoms with E-state index >= 15 is 0 Å². The average molecular weight is 345 g/mol. The van der Waals surface area contributed by atoms with Crippen LogP contribution in [-0.4, -0.2) is 42.6 Å². The standard InChI is InChI=1S/C20H31N3O2/c1-15-13-23(8-9-25-15)14-17-5-2-4-16(10-17)12-22-20(24)18-6-3-7-19(21)11-18/h2,4-5,10,15,18-19H,3,6-9,11-14,21H2,1H3,(H,22,24). The molecule has 1 heterocycles. The van der Waals surface area contributed by atoms with E-state index in [2.05, 4.69) is 41.4 Å². The molecule has 2 aliphatic rings. The van der Waals surface area contributed by atoms with E-state index in [-0.39, 0.29) is 17.9 Å². The van der Waals surface area contributed by atoms with Crippen LogP contribution in [-0.2, 0) is 22.6 Å². The van der Waals surface area contributed by atoms with Crippen molar-refractivity contribution in [1.29, 1.82) is 0 Å². The molecule has 0 radical (unpaired) electrons. The highest BCUT2D eigenvalue weighted by atomic mass is 16.5. The van der Waals surface area contributed by atoms with Gasteiger partial charge < -0.3 is 15.8 Å². The van der Waals surface area contributed by atoms with Crippen LogP contribution in [0.1, 0.15) is 43.7 Å². The Labute approximate surface area is 150 Å². The van der Waals surface area contributed by atoms with Gasteiger partial charge in [0.15, 0.2) is 0 Å². The number of benzene rings is 1. The Balaban J connectivity index is 1.50. The second-order valence-electron chi connectivity index (χ2n) is 7.58. The molecule has 1 aliphatic heterocycles. The van der Waals surface area contributed by atoms with E-state index in [1.807, 2.05) is 0 Å². The summed E-state index contributed by atoms with van der Waals surface area (Å²) >= 11 is 0. The van der Waals surface area contributed by atoms with Crippen molar-refractivity contribution in [3.8, 4) is 0 Å². The monoisotopic (exact) mass is 345 g/mol. The van der Waals surface area contributed by atoms with Gasteiger partial charge in [-0.3, -0.25) is 9.69 Å². The van der Waals surface area contributed by atoms with Gasteiger partial charge in [0, 0.05) is 38.1 Å². The van der Waals surface area contributed by atoms with E-state index in [4.69, 9.17) is 10.5 Å². The lowest BCUT2D eigenvalue weighted by atomic mass is 9.85. The Morgan fingerprint density at radius 2 is 2.20 bits per heavy atom. The van der Waals surface area contributed by atoms with E-state index in [1.54, 1.807) is 0 Å². The number of rotatable bonds is 5. The van der Waals surface area contributed by atoms with Crippen molar-refractivity contribution in [2.45, 2.75) is 57.8 Å². The first-order chi connectivity index (χ1) is 12.1. The molecule has 1 saturated carbocycles. The van der Waals surface area contributed by atoms with Crippen molar-refractivity contribution in [2.75, 3.05) is 19.7 Å². The van der Waals surface area contributed by atoms with Crippen molar-refractivity contribution in [3.63, 3.8) is 0 Å². The number of ether oxygens (including phenoxy) is 1. The predicted molar refractivity (Wildman–Crippen MR) is 98.9 cm³/mol. The summed E-state index contributed by atoms with van der Waals surface area (Å²) < 4.78 is 5.60. The number of hydrogen-bond acceptors (Lipinski definition) is 4. The minimum absolute atomic E-state index is 0.0850. The minimum atomic E-state index is 0.0850. The van der Waals surface area contributed by atoms with Gasteiger partial charge in [-0.1, -0.05) is 30.7 Å². The van der Waals surface area contributed by atoms with Gasteiger partial charge >= 0.3 is 0 Å². The van der Waals surface area contributed by atoms with Gasteiger partial charge in [-0.05, 0) is 37.3 Å². The van der Waals surface area contributed by atoms with Gasteiger partial charge in [0.25, 0.3) is 0 Å². The Morgan fingerprint density at radius 1 is 1.36 bits per heavy atom. The van der Waals surface area contributed by atoms with Crippen molar-refractivity contribution in [1.82, 2.24) is 10.2 Å². The minimum Gasteiger partial charge on any atom is -0.376 e. The number of nitrogens with one attached hydrogen (secondary N) is 1. The summed E-state index contributed by atoms with van der Waals surface area (Å²) in [6.07, 6.45) is 4.20. The van der Waals surface area contributed by atoms with Gasteiger partial charge in [-0.25, -0.2) is 0 Å². The number of morpholine rings is 1. The largest absolute Gasteiger partial charge is 0.376 e. The highest BCUT2D eigenvalue weighted by Crippen LogP contribution is 2.23. The van der Waals surface area contributed by atoms with Gasteiger partial charge in [-0.15, -0.1) is 0 Å². The van der Waals surface area contributed by atoms with Crippen LogP contribution in [0.3, 0.4) is 0 Å². The van der Waals surface area contributed by atoms with Crippen LogP contribution in [0, 0.1) is 5.92 Å². The lowest BCUT2D eigenvalue weighted by Gasteiger charge is -2.31. The summed E-state index contributed by atoms with van der Waals surface area (Å²) in [5.74, 6) is 0.240. The fourth-order valence-electron chi connectivity index (χ4n) is 3.93. The topological polar surface area (TPSA) is 67.6 Å². The molecule has 1 aliphatic carbocycles. The molecule has 3 N–H and O–H groups in total. The number of carbonyl (C=O) groups excluding carboxylic acids is 1. The third-order valence-corrected chi connectivity index (χ3v) is 5.28. The molecule has 2 fully saturated rings. The average Bonchev–Trinajstić information content (AvgIpc) is 2.60. The maximum atomic E-state index is 12.4. The molecule has 138 valence electrons. The Kier molecular flexibility index (Phi) is 6.45. The lowest BCUT2D eigenvalue weighted by Crippen LogP contribution is -2.40. The van der Waals surface area contributed by atoms with Crippen LogP contribution in [0.2, 0.25) is 0 Å². The number of amides is 1. The molecule has 1 amide bonds. The lowest BCUT2D eigenvalue weighted by molar-refractivity contribution is -0.126. The molecular formula is C20H31N3O2. The summed E-state index contributed by atoms with van der Waals surface area (Å²) in [4.78, 5) is 14.8. The van der Waals surface area contributed by atoms with Gasteiger partial charge in [0.1, 0.15) is 0 Å². The van der Waals surface area contributed by atoms with Crippen molar-refractivity contribution < 1.29 is 9.53 Å². The molecular weight excluding hydrogens is 314 g/mol. The summed E-state index contributed by atoms with van der Waals surface area (Å²) in [5.41, 5.74) is 8.45. The van der Waals surface area contributed by atoms with Gasteiger partial charge in [0.05, 0.1) is 12.7 Å². The molecule has 3 rings (SSSR count). The number of nitrogens with two attached hydrogens (primary N) is 1. The molecule has 5 nitrogen and oxygen atoms in total. The fraction of sp³-hybridized carbons (Fsp3) is 0.650. The van der Waals surface area contributed by atoms with E-state index < -0.39 is 0 Å². The van der Waals surface area contributed by atoms with Crippen LogP contribution >= 0.6 is 0 Å². The summed E-state index contributed by atoms with van der Waals surface area (Å²) in [6.45, 7) is 6.41. The summed E-state index contributed by atoms with van der Waals surface area (Å²) in [7, 11) is 0. The second kappa shape index (κ2) is 8.79. The van der Waals surface area contributed by atoms with Crippen molar-refractivity contribution in [2.24, 2.45) is 11.7 Å². The van der Waals surface area contributed by atoms with Gasteiger partial charge in [-0.2, -0.15) is 0 Å². The van der Waals surface area contributed by atoms with Crippen LogP contribution in [0.5, 0.6) is 0 Å². The molecule has 25 heavy (non-hydrogen) atoms. The molecule has 1 aromatic rings. The first kappa shape index (κ1) is 18.4. The second-order valence-corrected chi connectivity index (χ2v) is 7.58. The highest BCUT2D eigenvalue weighted by molar-refractivity contribution is 5.78. The van der Waals surface area contributed by atoms with Crippen LogP contribution in [0.4, 0.5) is 0 Å². The fourth-order valence-corrected chi connectivity index (χ4v) is 3.93. The molecule has 0 bridgehead atoms. The van der Waals surface area contributed by atoms with Crippen LogP contribution in [0.25, 0.3) is 0 Å². The van der Waals surface area contributed by atoms with Gasteiger partial charge in [0.2, 0.25) is 5.91 Å². The molecule has 3 unspecified atom stereocenters. The smallest absolute Gasteiger partial charge is 0.223 e. The maximum absolute atomic E-state index is 12.4. The molecule has 1 saturated heterocycles. The normalized spacial score (nSPS) is 27.8.